The van der Waals surface area contributed by atoms with Gasteiger partial charge in [-0.2, -0.15) is 0 Å². The molecule has 5 heteroatoms. The smallest absolute Gasteiger partial charge is 0.163 e. The first-order chi connectivity index (χ1) is 9.41. The first-order valence-corrected chi connectivity index (χ1v) is 6.97. The molecule has 1 aromatic carbocycles. The molecule has 1 heterocycles. The van der Waals surface area contributed by atoms with Gasteiger partial charge in [0.25, 0.3) is 0 Å². The summed E-state index contributed by atoms with van der Waals surface area (Å²) in [5.41, 5.74) is 6.56. The molecule has 1 saturated heterocycles. The molecule has 0 bridgehead atoms. The minimum absolute atomic E-state index is 0.184. The summed E-state index contributed by atoms with van der Waals surface area (Å²) < 4.78 is 33.3. The number of ether oxygens (including phenoxy) is 1. The topological polar surface area (TPSA) is 38.5 Å². The molecule has 0 amide bonds. The summed E-state index contributed by atoms with van der Waals surface area (Å²) in [6.45, 7) is 7.76. The monoisotopic (exact) mass is 284 g/mol. The molecule has 20 heavy (non-hydrogen) atoms. The number of halogens is 2. The second-order valence-corrected chi connectivity index (χ2v) is 5.62. The van der Waals surface area contributed by atoms with E-state index in [4.69, 9.17) is 10.5 Å². The zero-order chi connectivity index (χ0) is 14.9. The molecule has 0 aliphatic carbocycles. The SMILES string of the molecule is Cc1ccc(C(N)C2CN(C(C)C)CCO2)c(F)c1F. The highest BCUT2D eigenvalue weighted by atomic mass is 19.2. The summed E-state index contributed by atoms with van der Waals surface area (Å²) in [6.07, 6.45) is -0.317. The van der Waals surface area contributed by atoms with E-state index < -0.39 is 17.7 Å². The van der Waals surface area contributed by atoms with Gasteiger partial charge in [-0.1, -0.05) is 12.1 Å². The summed E-state index contributed by atoms with van der Waals surface area (Å²) in [7, 11) is 0. The quantitative estimate of drug-likeness (QED) is 0.926. The Morgan fingerprint density at radius 2 is 2.00 bits per heavy atom. The largest absolute Gasteiger partial charge is 0.374 e. The molecular formula is C15H22F2N2O. The van der Waals surface area contributed by atoms with Crippen LogP contribution in [0.1, 0.15) is 31.0 Å². The fourth-order valence-corrected chi connectivity index (χ4v) is 2.50. The maximum Gasteiger partial charge on any atom is 0.163 e. The van der Waals surface area contributed by atoms with Crippen molar-refractivity contribution in [1.82, 2.24) is 4.90 Å². The van der Waals surface area contributed by atoms with Gasteiger partial charge in [-0.3, -0.25) is 4.90 Å². The maximum atomic E-state index is 14.0. The van der Waals surface area contributed by atoms with Crippen molar-refractivity contribution in [2.45, 2.75) is 39.0 Å². The molecule has 1 aliphatic rings. The highest BCUT2D eigenvalue weighted by molar-refractivity contribution is 5.28. The average molecular weight is 284 g/mol. The summed E-state index contributed by atoms with van der Waals surface area (Å²) >= 11 is 0. The summed E-state index contributed by atoms with van der Waals surface area (Å²) in [5.74, 6) is -1.68. The molecule has 2 unspecified atom stereocenters. The van der Waals surface area contributed by atoms with Gasteiger partial charge in [0.05, 0.1) is 18.8 Å². The van der Waals surface area contributed by atoms with Gasteiger partial charge in [0.15, 0.2) is 11.6 Å². The third-order valence-corrected chi connectivity index (χ3v) is 3.92. The predicted octanol–water partition coefficient (Wildman–Crippen LogP) is 2.38. The number of rotatable bonds is 3. The van der Waals surface area contributed by atoms with E-state index in [9.17, 15) is 8.78 Å². The standard InChI is InChI=1S/C15H22F2N2O/c1-9(2)19-6-7-20-12(8-19)15(18)11-5-4-10(3)13(16)14(11)17/h4-5,9,12,15H,6-8,18H2,1-3H3. The van der Waals surface area contributed by atoms with Crippen molar-refractivity contribution in [1.29, 1.82) is 0 Å². The van der Waals surface area contributed by atoms with Gasteiger partial charge in [0, 0.05) is 24.7 Å². The maximum absolute atomic E-state index is 14.0. The second-order valence-electron chi connectivity index (χ2n) is 5.62. The van der Waals surface area contributed by atoms with Crippen LogP contribution in [0, 0.1) is 18.6 Å². The van der Waals surface area contributed by atoms with Crippen LogP contribution in [0.2, 0.25) is 0 Å². The Bertz CT molecular complexity index is 479. The van der Waals surface area contributed by atoms with Gasteiger partial charge >= 0.3 is 0 Å². The lowest BCUT2D eigenvalue weighted by Crippen LogP contribution is -2.49. The van der Waals surface area contributed by atoms with Crippen LogP contribution >= 0.6 is 0 Å². The lowest BCUT2D eigenvalue weighted by molar-refractivity contribution is -0.0507. The number of benzene rings is 1. The van der Waals surface area contributed by atoms with E-state index in [-0.39, 0.29) is 17.2 Å². The molecule has 2 rings (SSSR count). The van der Waals surface area contributed by atoms with Gasteiger partial charge in [-0.05, 0) is 26.3 Å². The number of hydrogen-bond donors (Lipinski definition) is 1. The molecule has 2 atom stereocenters. The summed E-state index contributed by atoms with van der Waals surface area (Å²) in [5, 5.41) is 0. The molecule has 1 aromatic rings. The van der Waals surface area contributed by atoms with Crippen LogP contribution in [0.5, 0.6) is 0 Å². The van der Waals surface area contributed by atoms with Crippen LogP contribution in [0.15, 0.2) is 12.1 Å². The Kier molecular flexibility index (Phi) is 4.73. The van der Waals surface area contributed by atoms with Gasteiger partial charge in [-0.15, -0.1) is 0 Å². The van der Waals surface area contributed by atoms with Gasteiger partial charge in [0.2, 0.25) is 0 Å². The van der Waals surface area contributed by atoms with Crippen molar-refractivity contribution in [2.24, 2.45) is 5.73 Å². The first kappa shape index (κ1) is 15.4. The van der Waals surface area contributed by atoms with Gasteiger partial charge in [0.1, 0.15) is 0 Å². The van der Waals surface area contributed by atoms with E-state index >= 15 is 0 Å². The fraction of sp³-hybridized carbons (Fsp3) is 0.600. The molecule has 3 nitrogen and oxygen atoms in total. The van der Waals surface area contributed by atoms with Crippen molar-refractivity contribution < 1.29 is 13.5 Å². The Morgan fingerprint density at radius 3 is 2.65 bits per heavy atom. The van der Waals surface area contributed by atoms with Crippen molar-refractivity contribution in [2.75, 3.05) is 19.7 Å². The van der Waals surface area contributed by atoms with Gasteiger partial charge < -0.3 is 10.5 Å². The minimum atomic E-state index is -0.859. The molecule has 1 aliphatic heterocycles. The Morgan fingerprint density at radius 1 is 1.30 bits per heavy atom. The lowest BCUT2D eigenvalue weighted by Gasteiger charge is -2.38. The number of aryl methyl sites for hydroxylation is 1. The Labute approximate surface area is 118 Å². The zero-order valence-corrected chi connectivity index (χ0v) is 12.2. The van der Waals surface area contributed by atoms with E-state index in [1.54, 1.807) is 12.1 Å². The van der Waals surface area contributed by atoms with Crippen molar-refractivity contribution in [3.8, 4) is 0 Å². The second kappa shape index (κ2) is 6.16. The Hall–Kier alpha value is -1.04. The minimum Gasteiger partial charge on any atom is -0.374 e. The predicted molar refractivity (Wildman–Crippen MR) is 74.5 cm³/mol. The molecule has 0 aromatic heterocycles. The van der Waals surface area contributed by atoms with E-state index in [1.807, 2.05) is 0 Å². The number of hydrogen-bond acceptors (Lipinski definition) is 3. The number of morpholine rings is 1. The summed E-state index contributed by atoms with van der Waals surface area (Å²) in [4.78, 5) is 2.23. The van der Waals surface area contributed by atoms with Crippen molar-refractivity contribution >= 4 is 0 Å². The third-order valence-electron chi connectivity index (χ3n) is 3.92. The van der Waals surface area contributed by atoms with E-state index in [2.05, 4.69) is 18.7 Å². The highest BCUT2D eigenvalue weighted by Crippen LogP contribution is 2.26. The third kappa shape index (κ3) is 3.00. The van der Waals surface area contributed by atoms with Crippen LogP contribution in [0.25, 0.3) is 0 Å². The van der Waals surface area contributed by atoms with Gasteiger partial charge in [-0.25, -0.2) is 8.78 Å². The van der Waals surface area contributed by atoms with Crippen molar-refractivity contribution in [3.63, 3.8) is 0 Å². The van der Waals surface area contributed by atoms with Crippen LogP contribution in [0.3, 0.4) is 0 Å². The molecule has 0 radical (unpaired) electrons. The first-order valence-electron chi connectivity index (χ1n) is 6.97. The molecule has 1 fully saturated rings. The Balaban J connectivity index is 2.19. The fourth-order valence-electron chi connectivity index (χ4n) is 2.50. The van der Waals surface area contributed by atoms with Crippen LogP contribution in [0.4, 0.5) is 8.78 Å². The zero-order valence-electron chi connectivity index (χ0n) is 12.2. The molecule has 112 valence electrons. The molecule has 2 N–H and O–H groups in total. The molecular weight excluding hydrogens is 262 g/mol. The van der Waals surface area contributed by atoms with E-state index in [1.165, 1.54) is 6.92 Å². The van der Waals surface area contributed by atoms with Crippen LogP contribution in [-0.4, -0.2) is 36.7 Å². The lowest BCUT2D eigenvalue weighted by atomic mass is 9.98. The normalized spacial score (nSPS) is 22.2. The van der Waals surface area contributed by atoms with E-state index in [0.717, 1.165) is 6.54 Å². The summed E-state index contributed by atoms with van der Waals surface area (Å²) in [6, 6.07) is 2.83. The van der Waals surface area contributed by atoms with Crippen LogP contribution in [-0.2, 0) is 4.74 Å². The highest BCUT2D eigenvalue weighted by Gasteiger charge is 2.30. The molecule has 0 saturated carbocycles. The number of nitrogens with zero attached hydrogens (tertiary/aromatic N) is 1. The van der Waals surface area contributed by atoms with Crippen LogP contribution < -0.4 is 5.73 Å². The van der Waals surface area contributed by atoms with Crippen molar-refractivity contribution in [3.05, 3.63) is 34.9 Å². The average Bonchev–Trinajstić information content (AvgIpc) is 2.44. The van der Waals surface area contributed by atoms with E-state index in [0.29, 0.717) is 19.2 Å². The number of nitrogens with two attached hydrogens (primary N) is 1. The molecule has 0 spiro atoms.